The van der Waals surface area contributed by atoms with Gasteiger partial charge in [-0.1, -0.05) is 42.5 Å². The van der Waals surface area contributed by atoms with Crippen LogP contribution < -0.4 is 15.4 Å². The summed E-state index contributed by atoms with van der Waals surface area (Å²) in [6.45, 7) is 13.5. The van der Waals surface area contributed by atoms with E-state index in [0.717, 1.165) is 29.5 Å². The lowest BCUT2D eigenvalue weighted by molar-refractivity contribution is -0.153. The third-order valence-corrected chi connectivity index (χ3v) is 6.89. The van der Waals surface area contributed by atoms with Crippen LogP contribution >= 0.6 is 0 Å². The van der Waals surface area contributed by atoms with Crippen molar-refractivity contribution in [3.63, 3.8) is 0 Å². The largest absolute Gasteiger partial charge is 0.489 e. The zero-order valence-corrected chi connectivity index (χ0v) is 26.9. The van der Waals surface area contributed by atoms with E-state index in [2.05, 4.69) is 16.7 Å². The first kappa shape index (κ1) is 33.0. The Bertz CT molecular complexity index is 1470. The Morgan fingerprint density at radius 1 is 0.909 bits per heavy atom. The van der Waals surface area contributed by atoms with E-state index in [1.807, 2.05) is 57.2 Å². The molecule has 236 valence electrons. The van der Waals surface area contributed by atoms with E-state index in [4.69, 9.17) is 14.2 Å². The summed E-state index contributed by atoms with van der Waals surface area (Å²) in [5.74, 6) is -0.135. The van der Waals surface area contributed by atoms with Crippen LogP contribution in [-0.2, 0) is 33.8 Å². The molecule has 0 heterocycles. The fourth-order valence-corrected chi connectivity index (χ4v) is 4.81. The van der Waals surface area contributed by atoms with Gasteiger partial charge in [0.2, 0.25) is 0 Å². The van der Waals surface area contributed by atoms with Crippen LogP contribution in [0.2, 0.25) is 0 Å². The summed E-state index contributed by atoms with van der Waals surface area (Å²) in [6.07, 6.45) is 1.80. The summed E-state index contributed by atoms with van der Waals surface area (Å²) >= 11 is 0. The minimum Gasteiger partial charge on any atom is -0.489 e. The van der Waals surface area contributed by atoms with Gasteiger partial charge >= 0.3 is 12.1 Å². The van der Waals surface area contributed by atoms with Crippen LogP contribution in [0.1, 0.15) is 89.6 Å². The smallest absolute Gasteiger partial charge is 0.408 e. The number of ether oxygens (including phenoxy) is 3. The van der Waals surface area contributed by atoms with Gasteiger partial charge in [-0.3, -0.25) is 4.79 Å². The highest BCUT2D eigenvalue weighted by atomic mass is 19.1. The zero-order chi connectivity index (χ0) is 32.1. The topological polar surface area (TPSA) is 85.9 Å². The molecule has 0 aromatic heterocycles. The van der Waals surface area contributed by atoms with Crippen molar-refractivity contribution >= 4 is 12.1 Å². The number of para-hydroxylation sites is 1. The summed E-state index contributed by atoms with van der Waals surface area (Å²) < 4.78 is 33.1. The van der Waals surface area contributed by atoms with Crippen molar-refractivity contribution < 1.29 is 28.2 Å². The van der Waals surface area contributed by atoms with Gasteiger partial charge in [-0.25, -0.2) is 9.18 Å². The van der Waals surface area contributed by atoms with Crippen LogP contribution in [0.5, 0.6) is 5.75 Å². The van der Waals surface area contributed by atoms with Gasteiger partial charge in [-0.2, -0.15) is 0 Å². The maximum atomic E-state index is 16.0. The first-order valence-corrected chi connectivity index (χ1v) is 15.2. The molecule has 1 fully saturated rings. The van der Waals surface area contributed by atoms with Crippen molar-refractivity contribution in [3.05, 3.63) is 88.7 Å². The maximum absolute atomic E-state index is 16.0. The molecule has 1 unspecified atom stereocenters. The molecule has 1 atom stereocenters. The number of halogens is 1. The lowest BCUT2D eigenvalue weighted by atomic mass is 9.96. The quantitative estimate of drug-likeness (QED) is 0.217. The SMILES string of the molecule is CC(NC(=O)OC(C)(C)C)c1cccc(-c2cc(CNC3CC3)cc(COc3ccccc3CC(=O)OC(C)(C)C)c2)c1F. The molecule has 0 radical (unpaired) electrons. The lowest BCUT2D eigenvalue weighted by Gasteiger charge is -2.22. The van der Waals surface area contributed by atoms with Crippen molar-refractivity contribution in [3.8, 4) is 16.9 Å². The van der Waals surface area contributed by atoms with Gasteiger partial charge < -0.3 is 24.8 Å². The highest BCUT2D eigenvalue weighted by molar-refractivity contribution is 5.74. The highest BCUT2D eigenvalue weighted by Gasteiger charge is 2.23. The highest BCUT2D eigenvalue weighted by Crippen LogP contribution is 2.31. The second-order valence-electron chi connectivity index (χ2n) is 13.4. The molecule has 1 aliphatic carbocycles. The first-order chi connectivity index (χ1) is 20.7. The minimum atomic E-state index is -0.659. The van der Waals surface area contributed by atoms with Gasteiger partial charge in [-0.15, -0.1) is 0 Å². The van der Waals surface area contributed by atoms with Crippen LogP contribution in [-0.4, -0.2) is 29.3 Å². The summed E-state index contributed by atoms with van der Waals surface area (Å²) in [4.78, 5) is 24.9. The van der Waals surface area contributed by atoms with Crippen molar-refractivity contribution in [1.29, 1.82) is 0 Å². The number of carbonyl (C=O) groups is 2. The van der Waals surface area contributed by atoms with Gasteiger partial charge in [0.25, 0.3) is 0 Å². The molecule has 3 aromatic rings. The molecule has 1 amide bonds. The Kier molecular flexibility index (Phi) is 10.4. The average molecular weight is 605 g/mol. The fourth-order valence-electron chi connectivity index (χ4n) is 4.81. The first-order valence-electron chi connectivity index (χ1n) is 15.2. The lowest BCUT2D eigenvalue weighted by Crippen LogP contribution is -2.34. The molecular weight excluding hydrogens is 559 g/mol. The fraction of sp³-hybridized carbons (Fsp3) is 0.444. The second-order valence-corrected chi connectivity index (χ2v) is 13.4. The molecule has 2 N–H and O–H groups in total. The Morgan fingerprint density at radius 2 is 1.59 bits per heavy atom. The maximum Gasteiger partial charge on any atom is 0.408 e. The third-order valence-electron chi connectivity index (χ3n) is 6.89. The Morgan fingerprint density at radius 3 is 2.27 bits per heavy atom. The van der Waals surface area contributed by atoms with Gasteiger partial charge in [0.05, 0.1) is 12.5 Å². The van der Waals surface area contributed by atoms with E-state index in [9.17, 15) is 9.59 Å². The number of alkyl carbamates (subject to hydrolysis) is 1. The van der Waals surface area contributed by atoms with E-state index < -0.39 is 29.2 Å². The van der Waals surface area contributed by atoms with Crippen LogP contribution in [0.15, 0.2) is 60.7 Å². The van der Waals surface area contributed by atoms with E-state index in [-0.39, 0.29) is 19.0 Å². The summed E-state index contributed by atoms with van der Waals surface area (Å²) in [5, 5.41) is 6.28. The standard InChI is InChI=1S/C36H45FN2O5/c1-23(39-34(41)44-36(5,6)7)29-12-10-13-30(33(29)37)27-18-24(21-38-28-15-16-28)17-25(19-27)22-42-31-14-9-8-11-26(31)20-32(40)43-35(2,3)4/h8-14,17-19,23,28,38H,15-16,20-22H2,1-7H3,(H,39,41). The molecule has 0 saturated heterocycles. The summed E-state index contributed by atoms with van der Waals surface area (Å²) in [7, 11) is 0. The molecule has 0 spiro atoms. The van der Waals surface area contributed by atoms with Gasteiger partial charge in [-0.05, 0) is 96.2 Å². The van der Waals surface area contributed by atoms with Gasteiger partial charge in [0.1, 0.15) is 29.4 Å². The molecule has 44 heavy (non-hydrogen) atoms. The van der Waals surface area contributed by atoms with Crippen molar-refractivity contribution in [2.45, 2.75) is 104 Å². The second kappa shape index (κ2) is 13.8. The number of amides is 1. The van der Waals surface area contributed by atoms with Crippen molar-refractivity contribution in [1.82, 2.24) is 10.6 Å². The van der Waals surface area contributed by atoms with E-state index >= 15 is 4.39 Å². The molecule has 0 bridgehead atoms. The molecule has 1 saturated carbocycles. The van der Waals surface area contributed by atoms with Crippen LogP contribution in [0.4, 0.5) is 9.18 Å². The van der Waals surface area contributed by atoms with Crippen LogP contribution in [0, 0.1) is 5.82 Å². The summed E-state index contributed by atoms with van der Waals surface area (Å²) in [5.41, 5.74) is 2.89. The zero-order valence-electron chi connectivity index (χ0n) is 26.9. The minimum absolute atomic E-state index is 0.0948. The average Bonchev–Trinajstić information content (AvgIpc) is 3.74. The Balaban J connectivity index is 1.57. The number of rotatable bonds is 11. The van der Waals surface area contributed by atoms with E-state index in [0.29, 0.717) is 35.0 Å². The number of hydrogen-bond donors (Lipinski definition) is 2. The van der Waals surface area contributed by atoms with Gasteiger partial charge in [0, 0.05) is 29.3 Å². The number of hydrogen-bond acceptors (Lipinski definition) is 6. The molecule has 7 nitrogen and oxygen atoms in total. The number of nitrogens with one attached hydrogen (secondary N) is 2. The van der Waals surface area contributed by atoms with Crippen molar-refractivity contribution in [2.75, 3.05) is 0 Å². The molecule has 8 heteroatoms. The molecular formula is C36H45FN2O5. The van der Waals surface area contributed by atoms with Crippen LogP contribution in [0.25, 0.3) is 11.1 Å². The third kappa shape index (κ3) is 10.1. The number of esters is 1. The normalized spacial score (nSPS) is 14.1. The van der Waals surface area contributed by atoms with Gasteiger partial charge in [0.15, 0.2) is 0 Å². The predicted molar refractivity (Wildman–Crippen MR) is 170 cm³/mol. The Hall–Kier alpha value is -3.91. The molecule has 0 aliphatic heterocycles. The monoisotopic (exact) mass is 604 g/mol. The van der Waals surface area contributed by atoms with E-state index in [1.54, 1.807) is 45.9 Å². The molecule has 1 aliphatic rings. The number of carbonyl (C=O) groups excluding carboxylic acids is 2. The number of benzene rings is 3. The summed E-state index contributed by atoms with van der Waals surface area (Å²) in [6, 6.07) is 18.5. The Labute approximate surface area is 260 Å². The molecule has 3 aromatic carbocycles. The van der Waals surface area contributed by atoms with E-state index in [1.165, 1.54) is 0 Å². The van der Waals surface area contributed by atoms with Crippen molar-refractivity contribution in [2.24, 2.45) is 0 Å². The predicted octanol–water partition coefficient (Wildman–Crippen LogP) is 7.79. The molecule has 4 rings (SSSR count). The van der Waals surface area contributed by atoms with Crippen LogP contribution in [0.3, 0.4) is 0 Å².